The Labute approximate surface area is 100 Å². The molecule has 2 N–H and O–H groups in total. The third kappa shape index (κ3) is 1.17. The first-order valence-electron chi connectivity index (χ1n) is 5.09. The third-order valence-electron chi connectivity index (χ3n) is 2.93. The summed E-state index contributed by atoms with van der Waals surface area (Å²) >= 11 is 1.38. The van der Waals surface area contributed by atoms with Crippen LogP contribution in [0.2, 0.25) is 0 Å². The van der Waals surface area contributed by atoms with Gasteiger partial charge in [0.25, 0.3) is 5.56 Å². The molecule has 0 radical (unpaired) electrons. The quantitative estimate of drug-likeness (QED) is 0.638. The Hall–Kier alpha value is -1.89. The molecule has 3 heterocycles. The van der Waals surface area contributed by atoms with E-state index in [4.69, 9.17) is 5.73 Å². The molecule has 17 heavy (non-hydrogen) atoms. The summed E-state index contributed by atoms with van der Waals surface area (Å²) in [5.74, 6) is 1.10. The first-order valence-corrected chi connectivity index (χ1v) is 5.90. The molecule has 0 saturated heterocycles. The monoisotopic (exact) mass is 249 g/mol. The van der Waals surface area contributed by atoms with Gasteiger partial charge in [-0.05, 0) is 6.92 Å². The Morgan fingerprint density at radius 2 is 2.06 bits per heavy atom. The predicted molar refractivity (Wildman–Crippen MR) is 68.3 cm³/mol. The molecule has 0 saturated carbocycles. The van der Waals surface area contributed by atoms with Crippen molar-refractivity contribution in [3.05, 3.63) is 16.2 Å². The summed E-state index contributed by atoms with van der Waals surface area (Å²) in [6.07, 6.45) is 0. The highest BCUT2D eigenvalue weighted by Crippen LogP contribution is 2.33. The minimum absolute atomic E-state index is 0.0342. The van der Waals surface area contributed by atoms with Crippen LogP contribution >= 0.6 is 11.3 Å². The minimum Gasteiger partial charge on any atom is -0.382 e. The van der Waals surface area contributed by atoms with Crippen LogP contribution in [0, 0.1) is 6.92 Å². The fourth-order valence-electron chi connectivity index (χ4n) is 1.91. The Bertz CT molecular complexity index is 810. The summed E-state index contributed by atoms with van der Waals surface area (Å²) in [5.41, 5.74) is 6.48. The average molecular weight is 249 g/mol. The highest BCUT2D eigenvalue weighted by molar-refractivity contribution is 7.25. The van der Waals surface area contributed by atoms with Crippen LogP contribution in [0.25, 0.3) is 20.4 Å². The van der Waals surface area contributed by atoms with Crippen molar-refractivity contribution in [1.82, 2.24) is 19.3 Å². The van der Waals surface area contributed by atoms with Crippen molar-refractivity contribution < 1.29 is 0 Å². The van der Waals surface area contributed by atoms with Gasteiger partial charge in [-0.2, -0.15) is 5.10 Å². The lowest BCUT2D eigenvalue weighted by atomic mass is 10.3. The topological polar surface area (TPSA) is 78.7 Å². The van der Waals surface area contributed by atoms with Crippen molar-refractivity contribution >= 4 is 37.6 Å². The number of hydrogen-bond acceptors (Lipinski definition) is 5. The first-order chi connectivity index (χ1) is 8.00. The van der Waals surface area contributed by atoms with Crippen LogP contribution in [0.5, 0.6) is 0 Å². The fraction of sp³-hybridized carbons (Fsp3) is 0.300. The zero-order chi connectivity index (χ0) is 12.3. The molecule has 0 aliphatic carbocycles. The summed E-state index contributed by atoms with van der Waals surface area (Å²) in [5, 5.41) is 4.92. The smallest absolute Gasteiger partial charge is 0.271 e. The molecule has 88 valence electrons. The second-order valence-electron chi connectivity index (χ2n) is 3.99. The van der Waals surface area contributed by atoms with Gasteiger partial charge in [0.1, 0.15) is 20.9 Å². The maximum atomic E-state index is 12.1. The van der Waals surface area contributed by atoms with Crippen LogP contribution in [0.4, 0.5) is 5.82 Å². The molecule has 0 unspecified atom stereocenters. The van der Waals surface area contributed by atoms with Gasteiger partial charge in [0.15, 0.2) is 5.82 Å². The Balaban J connectivity index is 2.67. The van der Waals surface area contributed by atoms with Gasteiger partial charge in [-0.1, -0.05) is 0 Å². The maximum absolute atomic E-state index is 12.1. The van der Waals surface area contributed by atoms with Gasteiger partial charge in [-0.15, -0.1) is 11.3 Å². The fourth-order valence-corrected chi connectivity index (χ4v) is 3.05. The van der Waals surface area contributed by atoms with E-state index in [0.717, 1.165) is 10.2 Å². The normalized spacial score (nSPS) is 11.7. The molecule has 0 atom stereocenters. The van der Waals surface area contributed by atoms with Crippen LogP contribution in [-0.4, -0.2) is 19.3 Å². The van der Waals surface area contributed by atoms with Crippen LogP contribution in [0.1, 0.15) is 5.82 Å². The van der Waals surface area contributed by atoms with Gasteiger partial charge < -0.3 is 5.73 Å². The van der Waals surface area contributed by atoms with E-state index in [-0.39, 0.29) is 5.56 Å². The molecule has 3 rings (SSSR count). The standard InChI is InChI=1S/C10H11N5OS/c1-4-12-6-5-8(11)13-15(3)10(5)17-7(6)9(16)14(4)2/h1-3H3,(H2,11,13). The SMILES string of the molecule is Cc1nc2c(sc3c2c(N)nn3C)c(=O)n1C. The van der Waals surface area contributed by atoms with E-state index < -0.39 is 0 Å². The highest BCUT2D eigenvalue weighted by atomic mass is 32.1. The van der Waals surface area contributed by atoms with Crippen LogP contribution in [0.3, 0.4) is 0 Å². The van der Waals surface area contributed by atoms with E-state index in [2.05, 4.69) is 10.1 Å². The van der Waals surface area contributed by atoms with Crippen LogP contribution < -0.4 is 11.3 Å². The number of nitrogens with two attached hydrogens (primary N) is 1. The Morgan fingerprint density at radius 1 is 1.35 bits per heavy atom. The number of aryl methyl sites for hydroxylation is 2. The molecule has 0 aliphatic heterocycles. The zero-order valence-corrected chi connectivity index (χ0v) is 10.5. The van der Waals surface area contributed by atoms with Crippen LogP contribution in [-0.2, 0) is 14.1 Å². The van der Waals surface area contributed by atoms with Crippen molar-refractivity contribution in [3.8, 4) is 0 Å². The van der Waals surface area contributed by atoms with Crippen molar-refractivity contribution in [3.63, 3.8) is 0 Å². The van der Waals surface area contributed by atoms with E-state index in [0.29, 0.717) is 21.9 Å². The molecule has 0 aromatic carbocycles. The molecular weight excluding hydrogens is 238 g/mol. The molecule has 6 nitrogen and oxygen atoms in total. The molecular formula is C10H11N5OS. The second kappa shape index (κ2) is 3.07. The first kappa shape index (κ1) is 10.3. The molecule has 3 aromatic rings. The molecule has 3 aromatic heterocycles. The van der Waals surface area contributed by atoms with Gasteiger partial charge in [-0.25, -0.2) is 4.98 Å². The summed E-state index contributed by atoms with van der Waals surface area (Å²) < 4.78 is 3.86. The summed E-state index contributed by atoms with van der Waals surface area (Å²) in [6, 6.07) is 0. The highest BCUT2D eigenvalue weighted by Gasteiger charge is 2.18. The molecule has 0 bridgehead atoms. The zero-order valence-electron chi connectivity index (χ0n) is 9.68. The van der Waals surface area contributed by atoms with Gasteiger partial charge in [0, 0.05) is 14.1 Å². The average Bonchev–Trinajstić information content (AvgIpc) is 2.76. The van der Waals surface area contributed by atoms with Crippen molar-refractivity contribution in [2.24, 2.45) is 14.1 Å². The van der Waals surface area contributed by atoms with E-state index in [1.54, 1.807) is 23.2 Å². The van der Waals surface area contributed by atoms with Crippen molar-refractivity contribution in [2.45, 2.75) is 6.92 Å². The molecule has 0 amide bonds. The van der Waals surface area contributed by atoms with E-state index in [1.807, 2.05) is 7.05 Å². The summed E-state index contributed by atoms with van der Waals surface area (Å²) in [6.45, 7) is 1.80. The predicted octanol–water partition coefficient (Wildman–Crippen LogP) is 0.772. The number of hydrogen-bond donors (Lipinski definition) is 1. The van der Waals surface area contributed by atoms with E-state index in [9.17, 15) is 4.79 Å². The lowest BCUT2D eigenvalue weighted by Gasteiger charge is -2.01. The van der Waals surface area contributed by atoms with Gasteiger partial charge in [-0.3, -0.25) is 14.0 Å². The number of fused-ring (bicyclic) bond motifs is 3. The molecule has 0 aliphatic rings. The van der Waals surface area contributed by atoms with Crippen molar-refractivity contribution in [1.29, 1.82) is 0 Å². The van der Waals surface area contributed by atoms with Crippen molar-refractivity contribution in [2.75, 3.05) is 5.73 Å². The van der Waals surface area contributed by atoms with Gasteiger partial charge in [0.05, 0.1) is 5.39 Å². The number of aromatic nitrogens is 4. The van der Waals surface area contributed by atoms with E-state index in [1.165, 1.54) is 11.3 Å². The second-order valence-corrected chi connectivity index (χ2v) is 4.99. The molecule has 0 spiro atoms. The minimum atomic E-state index is -0.0342. The number of nitrogens with zero attached hydrogens (tertiary/aromatic N) is 4. The largest absolute Gasteiger partial charge is 0.382 e. The summed E-state index contributed by atoms with van der Waals surface area (Å²) in [7, 11) is 3.53. The van der Waals surface area contributed by atoms with E-state index >= 15 is 0 Å². The number of nitrogen functional groups attached to an aromatic ring is 1. The number of thiophene rings is 1. The van der Waals surface area contributed by atoms with Gasteiger partial charge >= 0.3 is 0 Å². The number of anilines is 1. The molecule has 0 fully saturated rings. The summed E-state index contributed by atoms with van der Waals surface area (Å²) in [4.78, 5) is 17.4. The molecule has 7 heteroatoms. The number of rotatable bonds is 0. The van der Waals surface area contributed by atoms with Crippen LogP contribution in [0.15, 0.2) is 4.79 Å². The lowest BCUT2D eigenvalue weighted by molar-refractivity contribution is 0.795. The maximum Gasteiger partial charge on any atom is 0.271 e. The lowest BCUT2D eigenvalue weighted by Crippen LogP contribution is -2.19. The Kier molecular flexibility index (Phi) is 1.86. The Morgan fingerprint density at radius 3 is 2.76 bits per heavy atom. The third-order valence-corrected chi connectivity index (χ3v) is 4.16. The van der Waals surface area contributed by atoms with Gasteiger partial charge in [0.2, 0.25) is 0 Å².